The third kappa shape index (κ3) is 2.72. The number of aryl methyl sites for hydroxylation is 1. The highest BCUT2D eigenvalue weighted by atomic mass is 35.5. The van der Waals surface area contributed by atoms with Crippen LogP contribution in [0.1, 0.15) is 18.2 Å². The minimum atomic E-state index is -0.812. The van der Waals surface area contributed by atoms with Crippen molar-refractivity contribution < 1.29 is 8.78 Å². The van der Waals surface area contributed by atoms with E-state index in [9.17, 15) is 8.78 Å². The maximum Gasteiger partial charge on any atom is 0.160 e. The zero-order valence-corrected chi connectivity index (χ0v) is 12.9. The molecule has 0 spiro atoms. The van der Waals surface area contributed by atoms with Crippen LogP contribution in [-0.2, 0) is 0 Å². The van der Waals surface area contributed by atoms with Crippen LogP contribution in [0, 0.1) is 18.6 Å². The van der Waals surface area contributed by atoms with Crippen LogP contribution in [0.3, 0.4) is 0 Å². The predicted molar refractivity (Wildman–Crippen MR) is 85.4 cm³/mol. The van der Waals surface area contributed by atoms with Gasteiger partial charge in [0.1, 0.15) is 11.6 Å². The summed E-state index contributed by atoms with van der Waals surface area (Å²) in [5, 5.41) is 7.59. The number of halogens is 3. The summed E-state index contributed by atoms with van der Waals surface area (Å²) in [4.78, 5) is 0. The van der Waals surface area contributed by atoms with Gasteiger partial charge < -0.3 is 5.73 Å². The van der Waals surface area contributed by atoms with E-state index < -0.39 is 11.6 Å². The average molecular weight is 322 g/mol. The molecule has 2 rings (SSSR count). The molecule has 2 N–H and O–H groups in total. The summed E-state index contributed by atoms with van der Waals surface area (Å²) in [5.41, 5.74) is 6.93. The Bertz CT molecular complexity index is 762. The van der Waals surface area contributed by atoms with E-state index in [1.165, 1.54) is 0 Å². The van der Waals surface area contributed by atoms with Gasteiger partial charge in [-0.2, -0.15) is 5.10 Å². The van der Waals surface area contributed by atoms with Crippen molar-refractivity contribution in [1.82, 2.24) is 10.2 Å². The van der Waals surface area contributed by atoms with Crippen molar-refractivity contribution in [3.05, 3.63) is 58.9 Å². The smallest absolute Gasteiger partial charge is 0.160 e. The first-order valence-corrected chi connectivity index (χ1v) is 6.85. The standard InChI is InChI=1S/C16H14ClF2N3/c1-4-9(5-2)13-8(3)21-22-16(17)15(13)14-11(18)6-10(20)7-12(14)19/h4-7H,1,20H2,2-3H3/b9-5+. The van der Waals surface area contributed by atoms with Gasteiger partial charge in [-0.25, -0.2) is 8.78 Å². The molecule has 3 nitrogen and oxygen atoms in total. The van der Waals surface area contributed by atoms with Gasteiger partial charge in [0.2, 0.25) is 0 Å². The van der Waals surface area contributed by atoms with Crippen molar-refractivity contribution >= 4 is 22.9 Å². The second-order valence-corrected chi connectivity index (χ2v) is 4.99. The summed E-state index contributed by atoms with van der Waals surface area (Å²) >= 11 is 6.08. The predicted octanol–water partition coefficient (Wildman–Crippen LogP) is 4.56. The van der Waals surface area contributed by atoms with Gasteiger partial charge in [0.05, 0.1) is 11.3 Å². The summed E-state index contributed by atoms with van der Waals surface area (Å²) in [6.07, 6.45) is 3.32. The van der Waals surface area contributed by atoms with Gasteiger partial charge >= 0.3 is 0 Å². The van der Waals surface area contributed by atoms with Gasteiger partial charge in [-0.1, -0.05) is 30.3 Å². The van der Waals surface area contributed by atoms with Gasteiger partial charge in [0.15, 0.2) is 5.15 Å². The maximum absolute atomic E-state index is 14.3. The second-order valence-electron chi connectivity index (χ2n) is 4.63. The highest BCUT2D eigenvalue weighted by Gasteiger charge is 2.23. The van der Waals surface area contributed by atoms with Crippen LogP contribution in [0.15, 0.2) is 30.9 Å². The minimum absolute atomic E-state index is 0.00913. The van der Waals surface area contributed by atoms with Crippen LogP contribution in [0.2, 0.25) is 5.15 Å². The van der Waals surface area contributed by atoms with E-state index >= 15 is 0 Å². The van der Waals surface area contributed by atoms with Crippen LogP contribution >= 0.6 is 11.6 Å². The van der Waals surface area contributed by atoms with Crippen LogP contribution in [0.25, 0.3) is 16.7 Å². The molecule has 0 bridgehead atoms. The summed E-state index contributed by atoms with van der Waals surface area (Å²) in [6, 6.07) is 2.08. The summed E-state index contributed by atoms with van der Waals surface area (Å²) in [6.45, 7) is 7.17. The quantitative estimate of drug-likeness (QED) is 0.666. The van der Waals surface area contributed by atoms with Crippen LogP contribution in [-0.4, -0.2) is 10.2 Å². The van der Waals surface area contributed by atoms with Crippen molar-refractivity contribution in [2.45, 2.75) is 13.8 Å². The van der Waals surface area contributed by atoms with Gasteiger partial charge in [0, 0.05) is 16.8 Å². The topological polar surface area (TPSA) is 51.8 Å². The van der Waals surface area contributed by atoms with Gasteiger partial charge in [-0.15, -0.1) is 5.10 Å². The molecule has 0 radical (unpaired) electrons. The number of nitrogen functional groups attached to an aromatic ring is 1. The van der Waals surface area contributed by atoms with Crippen molar-refractivity contribution in [3.63, 3.8) is 0 Å². The Balaban J connectivity index is 2.93. The molecule has 2 aromatic rings. The Morgan fingerprint density at radius 3 is 2.32 bits per heavy atom. The van der Waals surface area contributed by atoms with E-state index in [1.54, 1.807) is 26.0 Å². The van der Waals surface area contributed by atoms with Crippen molar-refractivity contribution in [2.24, 2.45) is 0 Å². The van der Waals surface area contributed by atoms with E-state index in [-0.39, 0.29) is 22.0 Å². The third-order valence-corrected chi connectivity index (χ3v) is 3.50. The van der Waals surface area contributed by atoms with E-state index in [4.69, 9.17) is 17.3 Å². The van der Waals surface area contributed by atoms with Crippen molar-refractivity contribution in [2.75, 3.05) is 5.73 Å². The molecule has 22 heavy (non-hydrogen) atoms. The maximum atomic E-state index is 14.3. The Kier molecular flexibility index (Phi) is 4.56. The van der Waals surface area contributed by atoms with Crippen molar-refractivity contribution in [1.29, 1.82) is 0 Å². The molecule has 0 atom stereocenters. The molecule has 0 aliphatic rings. The van der Waals surface area contributed by atoms with Gasteiger partial charge in [-0.3, -0.25) is 0 Å². The Labute approximate surface area is 132 Å². The monoisotopic (exact) mass is 321 g/mol. The number of aromatic nitrogens is 2. The number of nitrogens with zero attached hydrogens (tertiary/aromatic N) is 2. The number of rotatable bonds is 3. The zero-order valence-electron chi connectivity index (χ0n) is 12.1. The highest BCUT2D eigenvalue weighted by molar-refractivity contribution is 6.32. The number of anilines is 1. The molecule has 0 unspecified atom stereocenters. The SMILES string of the molecule is C=C/C(=C\C)c1c(C)nnc(Cl)c1-c1c(F)cc(N)cc1F. The lowest BCUT2D eigenvalue weighted by molar-refractivity contribution is 0.590. The Morgan fingerprint density at radius 2 is 1.82 bits per heavy atom. The fourth-order valence-corrected chi connectivity index (χ4v) is 2.51. The normalized spacial score (nSPS) is 11.6. The fourth-order valence-electron chi connectivity index (χ4n) is 2.28. The molecule has 0 fully saturated rings. The number of benzene rings is 1. The number of allylic oxidation sites excluding steroid dienone is 3. The summed E-state index contributed by atoms with van der Waals surface area (Å²) in [5.74, 6) is -1.62. The fraction of sp³-hybridized carbons (Fsp3) is 0.125. The molecule has 0 aliphatic heterocycles. The molecular formula is C16H14ClF2N3. The lowest BCUT2D eigenvalue weighted by Crippen LogP contribution is -2.03. The van der Waals surface area contributed by atoms with Crippen molar-refractivity contribution in [3.8, 4) is 11.1 Å². The molecule has 0 aliphatic carbocycles. The minimum Gasteiger partial charge on any atom is -0.399 e. The molecule has 1 heterocycles. The molecule has 1 aromatic heterocycles. The van der Waals surface area contributed by atoms with E-state index in [2.05, 4.69) is 16.8 Å². The summed E-state index contributed by atoms with van der Waals surface area (Å²) in [7, 11) is 0. The lowest BCUT2D eigenvalue weighted by atomic mass is 9.94. The molecular weight excluding hydrogens is 308 g/mol. The summed E-state index contributed by atoms with van der Waals surface area (Å²) < 4.78 is 28.6. The first-order chi connectivity index (χ1) is 10.4. The third-order valence-electron chi connectivity index (χ3n) is 3.24. The first kappa shape index (κ1) is 16.1. The number of nitrogens with two attached hydrogens (primary N) is 1. The molecule has 114 valence electrons. The Hall–Kier alpha value is -2.27. The number of hydrogen-bond acceptors (Lipinski definition) is 3. The molecule has 0 saturated carbocycles. The molecule has 0 amide bonds. The second kappa shape index (κ2) is 6.23. The first-order valence-electron chi connectivity index (χ1n) is 6.47. The largest absolute Gasteiger partial charge is 0.399 e. The van der Waals surface area contributed by atoms with Gasteiger partial charge in [-0.05, 0) is 31.6 Å². The zero-order chi connectivity index (χ0) is 16.4. The van der Waals surface area contributed by atoms with Crippen LogP contribution < -0.4 is 5.73 Å². The van der Waals surface area contributed by atoms with Crippen LogP contribution in [0.4, 0.5) is 14.5 Å². The van der Waals surface area contributed by atoms with Gasteiger partial charge in [0.25, 0.3) is 0 Å². The lowest BCUT2D eigenvalue weighted by Gasteiger charge is -2.15. The molecule has 1 aromatic carbocycles. The highest BCUT2D eigenvalue weighted by Crippen LogP contribution is 2.38. The molecule has 6 heteroatoms. The van der Waals surface area contributed by atoms with E-state index in [0.29, 0.717) is 16.8 Å². The number of hydrogen-bond donors (Lipinski definition) is 1. The average Bonchev–Trinajstić information content (AvgIpc) is 2.45. The van der Waals surface area contributed by atoms with E-state index in [1.807, 2.05) is 0 Å². The molecule has 0 saturated heterocycles. The van der Waals surface area contributed by atoms with E-state index in [0.717, 1.165) is 12.1 Å². The van der Waals surface area contributed by atoms with Crippen LogP contribution in [0.5, 0.6) is 0 Å². The Morgan fingerprint density at radius 1 is 1.23 bits per heavy atom.